The van der Waals surface area contributed by atoms with E-state index in [4.69, 9.17) is 0 Å². The molecule has 1 aromatic rings. The summed E-state index contributed by atoms with van der Waals surface area (Å²) < 4.78 is 25.9. The molecular formula is C16H20F2N2O2S. The second kappa shape index (κ2) is 8.29. The van der Waals surface area contributed by atoms with Crippen LogP contribution in [0.5, 0.6) is 0 Å². The fourth-order valence-electron chi connectivity index (χ4n) is 2.61. The summed E-state index contributed by atoms with van der Waals surface area (Å²) in [5, 5.41) is 5.09. The molecule has 126 valence electrons. The van der Waals surface area contributed by atoms with E-state index in [0.717, 1.165) is 43.2 Å². The summed E-state index contributed by atoms with van der Waals surface area (Å²) in [6, 6.07) is 3.01. The summed E-state index contributed by atoms with van der Waals surface area (Å²) in [5.41, 5.74) is 0. The molecular weight excluding hydrogens is 322 g/mol. The lowest BCUT2D eigenvalue weighted by molar-refractivity contribution is -0.117. The molecule has 2 N–H and O–H groups in total. The fraction of sp³-hybridized carbons (Fsp3) is 0.500. The van der Waals surface area contributed by atoms with Crippen molar-refractivity contribution in [3.63, 3.8) is 0 Å². The lowest BCUT2D eigenvalue weighted by Crippen LogP contribution is -2.48. The average Bonchev–Trinajstić information content (AvgIpc) is 2.51. The van der Waals surface area contributed by atoms with E-state index >= 15 is 0 Å². The zero-order valence-corrected chi connectivity index (χ0v) is 13.7. The molecule has 1 aliphatic rings. The predicted molar refractivity (Wildman–Crippen MR) is 85.2 cm³/mol. The normalized spacial score (nSPS) is 20.8. The summed E-state index contributed by atoms with van der Waals surface area (Å²) in [5.74, 6) is -2.00. The van der Waals surface area contributed by atoms with Crippen LogP contribution in [0.25, 0.3) is 0 Å². The van der Waals surface area contributed by atoms with Crippen molar-refractivity contribution in [2.45, 2.75) is 43.5 Å². The Bertz CT molecular complexity index is 583. The molecule has 4 nitrogen and oxygen atoms in total. The highest BCUT2D eigenvalue weighted by Gasteiger charge is 2.23. The Hall–Kier alpha value is -1.63. The first-order valence-corrected chi connectivity index (χ1v) is 8.62. The minimum atomic E-state index is -0.959. The largest absolute Gasteiger partial charge is 0.335 e. The van der Waals surface area contributed by atoms with Gasteiger partial charge in [0.2, 0.25) is 5.91 Å². The first-order chi connectivity index (χ1) is 11.0. The van der Waals surface area contributed by atoms with Gasteiger partial charge in [-0.1, -0.05) is 19.8 Å². The number of carbonyl (C=O) groups is 2. The summed E-state index contributed by atoms with van der Waals surface area (Å²) >= 11 is 1.04. The lowest BCUT2D eigenvalue weighted by Gasteiger charge is -2.29. The number of hydrogen-bond donors (Lipinski definition) is 2. The van der Waals surface area contributed by atoms with E-state index < -0.39 is 23.6 Å². The molecule has 7 heteroatoms. The molecule has 0 bridgehead atoms. The van der Waals surface area contributed by atoms with Crippen molar-refractivity contribution >= 4 is 23.7 Å². The number of amides is 3. The second-order valence-electron chi connectivity index (χ2n) is 5.75. The smallest absolute Gasteiger partial charge is 0.321 e. The molecule has 2 atom stereocenters. The van der Waals surface area contributed by atoms with E-state index in [-0.39, 0.29) is 11.8 Å². The zero-order chi connectivity index (χ0) is 16.8. The van der Waals surface area contributed by atoms with Crippen molar-refractivity contribution in [3.8, 4) is 0 Å². The maximum atomic E-state index is 13.1. The minimum absolute atomic E-state index is 0.0429. The highest BCUT2D eigenvalue weighted by molar-refractivity contribution is 8.00. The van der Waals surface area contributed by atoms with Crippen molar-refractivity contribution in [1.82, 2.24) is 10.6 Å². The Morgan fingerprint density at radius 3 is 2.65 bits per heavy atom. The van der Waals surface area contributed by atoms with Gasteiger partial charge in [-0.15, -0.1) is 11.8 Å². The van der Waals surface area contributed by atoms with Crippen molar-refractivity contribution in [2.24, 2.45) is 5.92 Å². The summed E-state index contributed by atoms with van der Waals surface area (Å²) in [4.78, 5) is 24.0. The quantitative estimate of drug-likeness (QED) is 0.824. The van der Waals surface area contributed by atoms with Gasteiger partial charge in [0.05, 0.1) is 5.75 Å². The lowest BCUT2D eigenvalue weighted by atomic mass is 9.86. The van der Waals surface area contributed by atoms with E-state index in [0.29, 0.717) is 10.8 Å². The molecule has 1 aliphatic carbocycles. The van der Waals surface area contributed by atoms with E-state index in [1.165, 1.54) is 12.5 Å². The van der Waals surface area contributed by atoms with Gasteiger partial charge in [0, 0.05) is 10.9 Å². The number of imide groups is 1. The van der Waals surface area contributed by atoms with Crippen LogP contribution < -0.4 is 10.6 Å². The summed E-state index contributed by atoms with van der Waals surface area (Å²) in [6.45, 7) is 2.09. The number of urea groups is 1. The molecule has 2 rings (SSSR count). The Morgan fingerprint density at radius 2 is 1.96 bits per heavy atom. The van der Waals surface area contributed by atoms with Crippen LogP contribution in [0.2, 0.25) is 0 Å². The number of nitrogens with one attached hydrogen (secondary N) is 2. The van der Waals surface area contributed by atoms with Gasteiger partial charge in [0.25, 0.3) is 0 Å². The third-order valence-electron chi connectivity index (χ3n) is 3.94. The van der Waals surface area contributed by atoms with Crippen LogP contribution in [-0.2, 0) is 4.79 Å². The number of rotatable bonds is 4. The molecule has 23 heavy (non-hydrogen) atoms. The van der Waals surface area contributed by atoms with E-state index in [9.17, 15) is 18.4 Å². The van der Waals surface area contributed by atoms with Gasteiger partial charge < -0.3 is 5.32 Å². The molecule has 1 saturated carbocycles. The molecule has 0 heterocycles. The van der Waals surface area contributed by atoms with Crippen LogP contribution in [-0.4, -0.2) is 23.7 Å². The maximum absolute atomic E-state index is 13.1. The Labute approximate surface area is 138 Å². The predicted octanol–water partition coefficient (Wildman–Crippen LogP) is 3.46. The molecule has 1 fully saturated rings. The van der Waals surface area contributed by atoms with Crippen LogP contribution in [0, 0.1) is 17.6 Å². The van der Waals surface area contributed by atoms with Crippen LogP contribution in [0.15, 0.2) is 23.1 Å². The van der Waals surface area contributed by atoms with Crippen LogP contribution in [0.1, 0.15) is 32.6 Å². The number of hydrogen-bond acceptors (Lipinski definition) is 3. The van der Waals surface area contributed by atoms with Gasteiger partial charge in [-0.3, -0.25) is 10.1 Å². The van der Waals surface area contributed by atoms with Crippen LogP contribution in [0.4, 0.5) is 13.6 Å². The highest BCUT2D eigenvalue weighted by atomic mass is 32.2. The van der Waals surface area contributed by atoms with Gasteiger partial charge in [-0.2, -0.15) is 0 Å². The minimum Gasteiger partial charge on any atom is -0.335 e. The highest BCUT2D eigenvalue weighted by Crippen LogP contribution is 2.23. The number of benzene rings is 1. The van der Waals surface area contributed by atoms with Gasteiger partial charge in [-0.05, 0) is 37.0 Å². The molecule has 0 radical (unpaired) electrons. The standard InChI is InChI=1S/C16H20F2N2O2S/c1-10-4-2-3-5-14(10)19-16(22)20-15(21)9-23-11-6-7-12(17)13(18)8-11/h6-8,10,14H,2-5,9H2,1H3,(H2,19,20,21,22)/t10-,14+/m0/s1. The van der Waals surface area contributed by atoms with Crippen molar-refractivity contribution in [1.29, 1.82) is 0 Å². The monoisotopic (exact) mass is 342 g/mol. The molecule has 3 amide bonds. The zero-order valence-electron chi connectivity index (χ0n) is 12.9. The fourth-order valence-corrected chi connectivity index (χ4v) is 3.33. The van der Waals surface area contributed by atoms with Crippen molar-refractivity contribution in [2.75, 3.05) is 5.75 Å². The molecule has 0 spiro atoms. The number of thioether (sulfide) groups is 1. The topological polar surface area (TPSA) is 58.2 Å². The third-order valence-corrected chi connectivity index (χ3v) is 4.94. The third kappa shape index (κ3) is 5.49. The number of halogens is 2. The van der Waals surface area contributed by atoms with Crippen molar-refractivity contribution < 1.29 is 18.4 Å². The first kappa shape index (κ1) is 17.7. The molecule has 0 aliphatic heterocycles. The molecule has 0 unspecified atom stereocenters. The van der Waals surface area contributed by atoms with E-state index in [2.05, 4.69) is 17.6 Å². The SMILES string of the molecule is C[C@H]1CCCC[C@H]1NC(=O)NC(=O)CSc1ccc(F)c(F)c1. The maximum Gasteiger partial charge on any atom is 0.321 e. The van der Waals surface area contributed by atoms with E-state index in [1.54, 1.807) is 0 Å². The Morgan fingerprint density at radius 1 is 1.22 bits per heavy atom. The molecule has 0 saturated heterocycles. The summed E-state index contributed by atoms with van der Waals surface area (Å²) in [6.07, 6.45) is 4.25. The second-order valence-corrected chi connectivity index (χ2v) is 6.80. The van der Waals surface area contributed by atoms with Gasteiger partial charge in [0.15, 0.2) is 11.6 Å². The Balaban J connectivity index is 1.75. The molecule has 0 aromatic heterocycles. The van der Waals surface area contributed by atoms with Crippen molar-refractivity contribution in [3.05, 3.63) is 29.8 Å². The Kier molecular flexibility index (Phi) is 6.38. The van der Waals surface area contributed by atoms with Gasteiger partial charge in [-0.25, -0.2) is 13.6 Å². The van der Waals surface area contributed by atoms with Gasteiger partial charge >= 0.3 is 6.03 Å². The number of carbonyl (C=O) groups excluding carboxylic acids is 2. The molecule has 1 aromatic carbocycles. The summed E-state index contributed by atoms with van der Waals surface area (Å²) in [7, 11) is 0. The van der Waals surface area contributed by atoms with Crippen LogP contribution >= 0.6 is 11.8 Å². The van der Waals surface area contributed by atoms with E-state index in [1.807, 2.05) is 0 Å². The average molecular weight is 342 g/mol. The van der Waals surface area contributed by atoms with Gasteiger partial charge in [0.1, 0.15) is 0 Å². The first-order valence-electron chi connectivity index (χ1n) is 7.64. The van der Waals surface area contributed by atoms with Crippen LogP contribution in [0.3, 0.4) is 0 Å².